The average molecular weight is 368 g/mol. The lowest BCUT2D eigenvalue weighted by molar-refractivity contribution is 0.158. The second kappa shape index (κ2) is 8.65. The number of aliphatic hydroxyl groups is 2. The van der Waals surface area contributed by atoms with E-state index in [0.29, 0.717) is 13.1 Å². The maximum Gasteiger partial charge on any atom is 0.197 e. The van der Waals surface area contributed by atoms with Gasteiger partial charge < -0.3 is 14.8 Å². The van der Waals surface area contributed by atoms with Crippen molar-refractivity contribution in [2.24, 2.45) is 0 Å². The van der Waals surface area contributed by atoms with E-state index in [9.17, 15) is 15.0 Å². The van der Waals surface area contributed by atoms with Crippen LogP contribution < -0.4 is 5.43 Å². The fraction of sp³-hybridized carbons (Fsp3) is 0.409. The summed E-state index contributed by atoms with van der Waals surface area (Å²) in [6.45, 7) is 6.93. The molecule has 0 atom stereocenters. The number of fused-ring (bicyclic) bond motifs is 2. The molecule has 2 aromatic carbocycles. The summed E-state index contributed by atoms with van der Waals surface area (Å²) < 4.78 is 2.25. The van der Waals surface area contributed by atoms with Crippen molar-refractivity contribution in [1.82, 2.24) is 9.47 Å². The van der Waals surface area contributed by atoms with E-state index in [0.717, 1.165) is 52.4 Å². The highest BCUT2D eigenvalue weighted by atomic mass is 16.3. The van der Waals surface area contributed by atoms with Crippen molar-refractivity contribution < 1.29 is 10.2 Å². The van der Waals surface area contributed by atoms with E-state index in [1.54, 1.807) is 0 Å². The second-order valence-corrected chi connectivity index (χ2v) is 7.12. The van der Waals surface area contributed by atoms with Crippen LogP contribution in [0.5, 0.6) is 0 Å². The lowest BCUT2D eigenvalue weighted by Gasteiger charge is -2.22. The zero-order valence-corrected chi connectivity index (χ0v) is 16.1. The van der Waals surface area contributed by atoms with E-state index in [1.807, 2.05) is 37.3 Å². The van der Waals surface area contributed by atoms with Gasteiger partial charge in [-0.15, -0.1) is 0 Å². The molecule has 0 amide bonds. The summed E-state index contributed by atoms with van der Waals surface area (Å²) in [6, 6.07) is 11.9. The summed E-state index contributed by atoms with van der Waals surface area (Å²) in [4.78, 5) is 15.1. The summed E-state index contributed by atoms with van der Waals surface area (Å²) in [7, 11) is 0. The van der Waals surface area contributed by atoms with Crippen LogP contribution in [0, 0.1) is 13.8 Å². The van der Waals surface area contributed by atoms with Gasteiger partial charge in [-0.3, -0.25) is 9.69 Å². The van der Waals surface area contributed by atoms with E-state index in [2.05, 4.69) is 22.5 Å². The topological polar surface area (TPSA) is 65.7 Å². The average Bonchev–Trinajstić information content (AvgIpc) is 2.65. The zero-order valence-electron chi connectivity index (χ0n) is 16.1. The molecule has 3 aromatic rings. The third-order valence-electron chi connectivity index (χ3n) is 5.09. The molecular formula is C22H28N2O3. The van der Waals surface area contributed by atoms with Crippen molar-refractivity contribution in [2.75, 3.05) is 32.8 Å². The van der Waals surface area contributed by atoms with E-state index < -0.39 is 0 Å². The van der Waals surface area contributed by atoms with Gasteiger partial charge in [0.15, 0.2) is 5.43 Å². The lowest BCUT2D eigenvalue weighted by Crippen LogP contribution is -2.31. The molecule has 5 heteroatoms. The first kappa shape index (κ1) is 19.5. The van der Waals surface area contributed by atoms with E-state index in [1.165, 1.54) is 0 Å². The molecule has 0 aliphatic rings. The summed E-state index contributed by atoms with van der Waals surface area (Å²) >= 11 is 0. The first-order valence-corrected chi connectivity index (χ1v) is 9.53. The Kier molecular flexibility index (Phi) is 6.26. The monoisotopic (exact) mass is 368 g/mol. The smallest absolute Gasteiger partial charge is 0.197 e. The van der Waals surface area contributed by atoms with Crippen molar-refractivity contribution >= 4 is 21.8 Å². The van der Waals surface area contributed by atoms with E-state index in [4.69, 9.17) is 0 Å². The Morgan fingerprint density at radius 3 is 2.37 bits per heavy atom. The fourth-order valence-electron chi connectivity index (χ4n) is 3.96. The van der Waals surface area contributed by atoms with Crippen LogP contribution in [-0.4, -0.2) is 52.5 Å². The first-order chi connectivity index (χ1) is 13.1. The number of pyridine rings is 1. The molecule has 0 fully saturated rings. The second-order valence-electron chi connectivity index (χ2n) is 7.12. The standard InChI is InChI=1S/C22H28N2O3/c1-16-14-17(2)21-19(15-16)22(27)18-6-3-4-7-20(18)24(21)9-5-8-23(10-12-25)11-13-26/h3-4,6-7,14-15,25-26H,5,8-13H2,1-2H3. The van der Waals surface area contributed by atoms with Crippen LogP contribution in [-0.2, 0) is 6.54 Å². The molecule has 0 spiro atoms. The highest BCUT2D eigenvalue weighted by Crippen LogP contribution is 2.24. The number of benzene rings is 2. The maximum atomic E-state index is 13.0. The Balaban J connectivity index is 2.04. The summed E-state index contributed by atoms with van der Waals surface area (Å²) in [6.07, 6.45) is 0.870. The quantitative estimate of drug-likeness (QED) is 0.600. The van der Waals surface area contributed by atoms with Crippen molar-refractivity contribution in [1.29, 1.82) is 0 Å². The van der Waals surface area contributed by atoms with Gasteiger partial charge in [-0.05, 0) is 49.6 Å². The third-order valence-corrected chi connectivity index (χ3v) is 5.09. The maximum absolute atomic E-state index is 13.0. The largest absolute Gasteiger partial charge is 0.395 e. The third kappa shape index (κ3) is 4.05. The molecule has 0 unspecified atom stereocenters. The molecular weight excluding hydrogens is 340 g/mol. The molecule has 0 saturated carbocycles. The first-order valence-electron chi connectivity index (χ1n) is 9.53. The van der Waals surface area contributed by atoms with Gasteiger partial charge in [0.25, 0.3) is 0 Å². The normalized spacial score (nSPS) is 11.7. The lowest BCUT2D eigenvalue weighted by atomic mass is 10.0. The van der Waals surface area contributed by atoms with Gasteiger partial charge in [0.2, 0.25) is 0 Å². The number of nitrogens with zero attached hydrogens (tertiary/aromatic N) is 2. The molecule has 1 aromatic heterocycles. The molecule has 1 heterocycles. The van der Waals surface area contributed by atoms with Crippen LogP contribution in [0.25, 0.3) is 21.8 Å². The molecule has 3 rings (SSSR count). The van der Waals surface area contributed by atoms with Crippen LogP contribution in [0.4, 0.5) is 0 Å². The van der Waals surface area contributed by atoms with Gasteiger partial charge >= 0.3 is 0 Å². The molecule has 5 nitrogen and oxygen atoms in total. The van der Waals surface area contributed by atoms with Crippen LogP contribution in [0.2, 0.25) is 0 Å². The minimum Gasteiger partial charge on any atom is -0.395 e. The van der Waals surface area contributed by atoms with Crippen LogP contribution >= 0.6 is 0 Å². The minimum atomic E-state index is 0.0856. The Bertz CT molecular complexity index is 988. The van der Waals surface area contributed by atoms with Crippen molar-refractivity contribution in [2.45, 2.75) is 26.8 Å². The number of aliphatic hydroxyl groups excluding tert-OH is 2. The Morgan fingerprint density at radius 2 is 1.67 bits per heavy atom. The zero-order chi connectivity index (χ0) is 19.4. The summed E-state index contributed by atoms with van der Waals surface area (Å²) in [5, 5.41) is 19.9. The molecule has 144 valence electrons. The van der Waals surface area contributed by atoms with Crippen LogP contribution in [0.1, 0.15) is 17.5 Å². The summed E-state index contributed by atoms with van der Waals surface area (Å²) in [5.74, 6) is 0. The highest BCUT2D eigenvalue weighted by molar-refractivity contribution is 5.95. The van der Waals surface area contributed by atoms with Crippen molar-refractivity contribution in [3.63, 3.8) is 0 Å². The van der Waals surface area contributed by atoms with E-state index in [-0.39, 0.29) is 18.6 Å². The molecule has 0 saturated heterocycles. The molecule has 27 heavy (non-hydrogen) atoms. The number of hydrogen-bond acceptors (Lipinski definition) is 4. The number of para-hydroxylation sites is 1. The molecule has 0 aliphatic heterocycles. The number of aryl methyl sites for hydroxylation is 3. The fourth-order valence-corrected chi connectivity index (χ4v) is 3.96. The van der Waals surface area contributed by atoms with Gasteiger partial charge in [-0.1, -0.05) is 18.2 Å². The van der Waals surface area contributed by atoms with Gasteiger partial charge in [0.05, 0.1) is 24.2 Å². The van der Waals surface area contributed by atoms with Crippen molar-refractivity contribution in [3.05, 3.63) is 57.7 Å². The Hall–Kier alpha value is -2.21. The molecule has 0 bridgehead atoms. The number of rotatable bonds is 8. The van der Waals surface area contributed by atoms with Gasteiger partial charge in [-0.25, -0.2) is 0 Å². The Labute approximate surface area is 159 Å². The molecule has 0 aliphatic carbocycles. The molecule has 2 N–H and O–H groups in total. The minimum absolute atomic E-state index is 0.0856. The van der Waals surface area contributed by atoms with E-state index >= 15 is 0 Å². The predicted molar refractivity (Wildman–Crippen MR) is 110 cm³/mol. The highest BCUT2D eigenvalue weighted by Gasteiger charge is 2.13. The SMILES string of the molecule is Cc1cc(C)c2c(c1)c(=O)c1ccccc1n2CCCN(CCO)CCO. The van der Waals surface area contributed by atoms with Crippen LogP contribution in [0.3, 0.4) is 0 Å². The molecule has 0 radical (unpaired) electrons. The van der Waals surface area contributed by atoms with Gasteiger partial charge in [-0.2, -0.15) is 0 Å². The number of hydrogen-bond donors (Lipinski definition) is 2. The Morgan fingerprint density at radius 1 is 0.963 bits per heavy atom. The number of aromatic nitrogens is 1. The predicted octanol–water partition coefficient (Wildman–Crippen LogP) is 2.45. The van der Waals surface area contributed by atoms with Gasteiger partial charge in [0, 0.05) is 37.0 Å². The summed E-state index contributed by atoms with van der Waals surface area (Å²) in [5.41, 5.74) is 4.25. The van der Waals surface area contributed by atoms with Crippen molar-refractivity contribution in [3.8, 4) is 0 Å². The van der Waals surface area contributed by atoms with Crippen LogP contribution in [0.15, 0.2) is 41.2 Å². The van der Waals surface area contributed by atoms with Gasteiger partial charge in [0.1, 0.15) is 0 Å².